The zero-order chi connectivity index (χ0) is 22.6. The lowest BCUT2D eigenvalue weighted by atomic mass is 9.79. The lowest BCUT2D eigenvalue weighted by Crippen LogP contribution is -2.43. The van der Waals surface area contributed by atoms with E-state index in [0.29, 0.717) is 0 Å². The summed E-state index contributed by atoms with van der Waals surface area (Å²) in [5.41, 5.74) is 4.24. The lowest BCUT2D eigenvalue weighted by Gasteiger charge is -2.31. The fourth-order valence-electron chi connectivity index (χ4n) is 4.74. The number of hydrogen-bond donors (Lipinski definition) is 0. The number of ether oxygens (including phenoxy) is 1. The van der Waals surface area contributed by atoms with Gasteiger partial charge in [0.15, 0.2) is 0 Å². The van der Waals surface area contributed by atoms with Crippen molar-refractivity contribution in [3.63, 3.8) is 0 Å². The Kier molecular flexibility index (Phi) is 6.56. The molecule has 32 heavy (non-hydrogen) atoms. The van der Waals surface area contributed by atoms with Gasteiger partial charge in [0.05, 0.1) is 12.5 Å². The Hall–Kier alpha value is -3.18. The average Bonchev–Trinajstić information content (AvgIpc) is 3.23. The molecular weight excluding hydrogens is 398 g/mol. The number of carbonyl (C=O) groups excluding carboxylic acids is 1. The van der Waals surface area contributed by atoms with Crippen LogP contribution in [0.15, 0.2) is 73.1 Å². The Morgan fingerprint density at radius 1 is 1.06 bits per heavy atom. The van der Waals surface area contributed by atoms with Crippen molar-refractivity contribution in [3.8, 4) is 16.9 Å². The number of benzene rings is 2. The largest absolute Gasteiger partial charge is 0.497 e. The van der Waals surface area contributed by atoms with Gasteiger partial charge in [0.2, 0.25) is 5.91 Å². The van der Waals surface area contributed by atoms with Crippen molar-refractivity contribution in [1.82, 2.24) is 14.8 Å². The molecule has 0 saturated carbocycles. The molecule has 0 spiro atoms. The summed E-state index contributed by atoms with van der Waals surface area (Å²) in [6, 6.07) is 20.7. The summed E-state index contributed by atoms with van der Waals surface area (Å²) in [6.45, 7) is 2.50. The fourth-order valence-corrected chi connectivity index (χ4v) is 4.74. The van der Waals surface area contributed by atoms with Gasteiger partial charge in [0.1, 0.15) is 5.75 Å². The van der Waals surface area contributed by atoms with E-state index in [1.54, 1.807) is 18.2 Å². The average molecular weight is 430 g/mol. The first-order chi connectivity index (χ1) is 15.5. The number of nitrogens with zero attached hydrogens (tertiary/aromatic N) is 3. The fraction of sp³-hybridized carbons (Fsp3) is 0.333. The Bertz CT molecular complexity index is 1050. The highest BCUT2D eigenvalue weighted by molar-refractivity contribution is 5.83. The molecule has 0 aliphatic carbocycles. The van der Waals surface area contributed by atoms with Crippen LogP contribution in [0.2, 0.25) is 0 Å². The van der Waals surface area contributed by atoms with Crippen LogP contribution in [0.1, 0.15) is 17.5 Å². The first-order valence-corrected chi connectivity index (χ1v) is 11.1. The molecule has 1 fully saturated rings. The van der Waals surface area contributed by atoms with Gasteiger partial charge in [-0.2, -0.15) is 0 Å². The summed E-state index contributed by atoms with van der Waals surface area (Å²) in [4.78, 5) is 21.8. The van der Waals surface area contributed by atoms with Gasteiger partial charge in [-0.15, -0.1) is 0 Å². The normalized spacial score (nSPS) is 18.5. The quantitative estimate of drug-likeness (QED) is 0.562. The number of methoxy groups -OCH3 is 1. The molecule has 1 aliphatic heterocycles. The molecule has 5 nitrogen and oxygen atoms in total. The second-order valence-corrected chi connectivity index (χ2v) is 8.91. The maximum atomic E-state index is 13.4. The van der Waals surface area contributed by atoms with Gasteiger partial charge >= 0.3 is 0 Å². The molecule has 2 heterocycles. The minimum Gasteiger partial charge on any atom is -0.497 e. The first-order valence-electron chi connectivity index (χ1n) is 11.1. The number of pyridine rings is 1. The van der Waals surface area contributed by atoms with Gasteiger partial charge in [0, 0.05) is 39.6 Å². The molecule has 0 N–H and O–H groups in total. The third-order valence-electron chi connectivity index (χ3n) is 6.32. The smallest absolute Gasteiger partial charge is 0.229 e. The third-order valence-corrected chi connectivity index (χ3v) is 6.32. The van der Waals surface area contributed by atoms with Gasteiger partial charge in [-0.05, 0) is 59.8 Å². The van der Waals surface area contributed by atoms with Gasteiger partial charge < -0.3 is 9.64 Å². The highest BCUT2D eigenvalue weighted by Gasteiger charge is 2.45. The van der Waals surface area contributed by atoms with Gasteiger partial charge in [-0.25, -0.2) is 0 Å². The highest BCUT2D eigenvalue weighted by Crippen LogP contribution is 2.37. The number of likely N-dealkylation sites (tertiary alicyclic amines) is 1. The summed E-state index contributed by atoms with van der Waals surface area (Å²) in [7, 11) is 5.41. The van der Waals surface area contributed by atoms with Crippen molar-refractivity contribution in [2.75, 3.05) is 34.3 Å². The summed E-state index contributed by atoms with van der Waals surface area (Å²) in [6.07, 6.45) is 5.26. The van der Waals surface area contributed by atoms with E-state index >= 15 is 0 Å². The lowest BCUT2D eigenvalue weighted by molar-refractivity contribution is -0.138. The van der Waals surface area contributed by atoms with Crippen LogP contribution in [0.5, 0.6) is 5.75 Å². The van der Waals surface area contributed by atoms with E-state index in [-0.39, 0.29) is 5.91 Å². The number of amides is 1. The summed E-state index contributed by atoms with van der Waals surface area (Å²) in [5, 5.41) is 0. The SMILES string of the molecule is COc1ccc(CN2CCC(Cc3cccc(-c4cccnc4)c3)(C(=O)N(C)C)C2)cc1. The van der Waals surface area contributed by atoms with E-state index in [9.17, 15) is 4.79 Å². The topological polar surface area (TPSA) is 45.7 Å². The summed E-state index contributed by atoms with van der Waals surface area (Å²) in [5.74, 6) is 1.07. The third kappa shape index (κ3) is 4.83. The zero-order valence-corrected chi connectivity index (χ0v) is 19.1. The second kappa shape index (κ2) is 9.53. The van der Waals surface area contributed by atoms with Crippen LogP contribution in [0, 0.1) is 5.41 Å². The first kappa shape index (κ1) is 22.0. The second-order valence-electron chi connectivity index (χ2n) is 8.91. The number of hydrogen-bond acceptors (Lipinski definition) is 4. The van der Waals surface area contributed by atoms with Gasteiger partial charge in [0.25, 0.3) is 0 Å². The van der Waals surface area contributed by atoms with Crippen molar-refractivity contribution in [2.24, 2.45) is 5.41 Å². The molecule has 0 radical (unpaired) electrons. The standard InChI is InChI=1S/C27H31N3O2/c1-29(2)26(31)27(13-15-30(20-27)19-21-9-11-25(32-3)12-10-21)17-22-6-4-7-23(16-22)24-8-5-14-28-18-24/h4-12,14,16,18H,13,15,17,19-20H2,1-3H3. The highest BCUT2D eigenvalue weighted by atomic mass is 16.5. The Morgan fingerprint density at radius 2 is 1.84 bits per heavy atom. The molecule has 1 atom stereocenters. The van der Waals surface area contributed by atoms with E-state index in [1.165, 1.54) is 11.1 Å². The van der Waals surface area contributed by atoms with Crippen molar-refractivity contribution < 1.29 is 9.53 Å². The minimum atomic E-state index is -0.413. The number of carbonyl (C=O) groups is 1. The van der Waals surface area contributed by atoms with Crippen molar-refractivity contribution in [2.45, 2.75) is 19.4 Å². The molecule has 1 aliphatic rings. The van der Waals surface area contributed by atoms with Crippen molar-refractivity contribution in [3.05, 3.63) is 84.2 Å². The molecule has 3 aromatic rings. The molecule has 5 heteroatoms. The van der Waals surface area contributed by atoms with Gasteiger partial charge in [-0.1, -0.05) is 42.5 Å². The number of aromatic nitrogens is 1. The monoisotopic (exact) mass is 429 g/mol. The van der Waals surface area contributed by atoms with Crippen molar-refractivity contribution >= 4 is 5.91 Å². The van der Waals surface area contributed by atoms with E-state index in [4.69, 9.17) is 4.74 Å². The Balaban J connectivity index is 1.55. The number of rotatable bonds is 7. The Morgan fingerprint density at radius 3 is 2.53 bits per heavy atom. The molecule has 1 amide bonds. The van der Waals surface area contributed by atoms with Gasteiger partial charge in [-0.3, -0.25) is 14.7 Å². The van der Waals surface area contributed by atoms with E-state index in [2.05, 4.69) is 52.3 Å². The van der Waals surface area contributed by atoms with E-state index in [1.807, 2.05) is 38.5 Å². The Labute approximate surface area is 190 Å². The van der Waals surface area contributed by atoms with Crippen LogP contribution in [0.4, 0.5) is 0 Å². The maximum Gasteiger partial charge on any atom is 0.229 e. The van der Waals surface area contributed by atoms with Crippen LogP contribution >= 0.6 is 0 Å². The molecule has 0 bridgehead atoms. The van der Waals surface area contributed by atoms with Crippen LogP contribution < -0.4 is 4.74 Å². The predicted molar refractivity (Wildman–Crippen MR) is 127 cm³/mol. The van der Waals surface area contributed by atoms with Crippen LogP contribution in [0.25, 0.3) is 11.1 Å². The molecule has 2 aromatic carbocycles. The maximum absolute atomic E-state index is 13.4. The predicted octanol–water partition coefficient (Wildman–Crippen LogP) is 4.28. The van der Waals surface area contributed by atoms with Crippen LogP contribution in [0.3, 0.4) is 0 Å². The molecular formula is C27H31N3O2. The minimum absolute atomic E-state index is 0.210. The molecule has 1 unspecified atom stereocenters. The molecule has 4 rings (SSSR count). The van der Waals surface area contributed by atoms with E-state index < -0.39 is 5.41 Å². The zero-order valence-electron chi connectivity index (χ0n) is 19.1. The molecule has 166 valence electrons. The van der Waals surface area contributed by atoms with Crippen molar-refractivity contribution in [1.29, 1.82) is 0 Å². The summed E-state index contributed by atoms with van der Waals surface area (Å²) >= 11 is 0. The summed E-state index contributed by atoms with van der Waals surface area (Å²) < 4.78 is 5.27. The van der Waals surface area contributed by atoms with Crippen LogP contribution in [-0.2, 0) is 17.8 Å². The van der Waals surface area contributed by atoms with E-state index in [0.717, 1.165) is 49.4 Å². The molecule has 1 aromatic heterocycles. The van der Waals surface area contributed by atoms with Crippen LogP contribution in [-0.4, -0.2) is 55.0 Å². The molecule has 1 saturated heterocycles.